The van der Waals surface area contributed by atoms with Crippen LogP contribution in [0.25, 0.3) is 6.08 Å². The molecule has 0 spiro atoms. The Balaban J connectivity index is 1.65. The summed E-state index contributed by atoms with van der Waals surface area (Å²) in [5.74, 6) is 1.20. The van der Waals surface area contributed by atoms with Crippen molar-refractivity contribution in [3.63, 3.8) is 0 Å². The normalized spacial score (nSPS) is 10.6. The Morgan fingerprint density at radius 2 is 1.86 bits per heavy atom. The third kappa shape index (κ3) is 8.31. The minimum atomic E-state index is -0.599. The number of hydrogen-bond acceptors (Lipinski definition) is 6. The number of nitrogens with one attached hydrogen (secondary N) is 1. The van der Waals surface area contributed by atoms with Crippen LogP contribution in [0.15, 0.2) is 59.5 Å². The van der Waals surface area contributed by atoms with Gasteiger partial charge in [-0.25, -0.2) is 4.79 Å². The SMILES string of the molecule is COc1ccc(/C=C/C(=O)OCC(=O)NCCCSc2ccccc2)c(OC)c1. The molecule has 154 valence electrons. The molecule has 2 aromatic rings. The number of hydrogen-bond donors (Lipinski definition) is 1. The summed E-state index contributed by atoms with van der Waals surface area (Å²) < 4.78 is 15.4. The fourth-order valence-corrected chi connectivity index (χ4v) is 3.23. The van der Waals surface area contributed by atoms with Crippen molar-refractivity contribution in [1.29, 1.82) is 0 Å². The zero-order chi connectivity index (χ0) is 20.9. The largest absolute Gasteiger partial charge is 0.497 e. The number of benzene rings is 2. The van der Waals surface area contributed by atoms with Gasteiger partial charge in [0.15, 0.2) is 6.61 Å². The summed E-state index contributed by atoms with van der Waals surface area (Å²) >= 11 is 1.74. The second-order valence-corrected chi connectivity index (χ2v) is 7.08. The van der Waals surface area contributed by atoms with Crippen molar-refractivity contribution >= 4 is 29.7 Å². The van der Waals surface area contributed by atoms with Gasteiger partial charge in [-0.15, -0.1) is 11.8 Å². The van der Waals surface area contributed by atoms with E-state index in [1.807, 2.05) is 18.2 Å². The first-order chi connectivity index (χ1) is 14.1. The predicted octanol–water partition coefficient (Wildman–Crippen LogP) is 3.56. The summed E-state index contributed by atoms with van der Waals surface area (Å²) in [6.45, 7) is 0.226. The average molecular weight is 416 g/mol. The standard InChI is InChI=1S/C22H25NO5S/c1-26-18-11-9-17(20(15-18)27-2)10-12-22(25)28-16-21(24)23-13-6-14-29-19-7-4-3-5-8-19/h3-5,7-12,15H,6,13-14,16H2,1-2H3,(H,23,24)/b12-10+. The summed E-state index contributed by atoms with van der Waals surface area (Å²) in [6, 6.07) is 15.3. The molecule has 0 aliphatic rings. The Bertz CT molecular complexity index is 823. The van der Waals surface area contributed by atoms with E-state index in [-0.39, 0.29) is 12.5 Å². The van der Waals surface area contributed by atoms with Crippen molar-refractivity contribution in [3.8, 4) is 11.5 Å². The van der Waals surface area contributed by atoms with E-state index in [1.54, 1.807) is 43.1 Å². The molecular formula is C22H25NO5S. The van der Waals surface area contributed by atoms with Gasteiger partial charge in [0.05, 0.1) is 14.2 Å². The summed E-state index contributed by atoms with van der Waals surface area (Å²) in [6.07, 6.45) is 3.66. The van der Waals surface area contributed by atoms with E-state index >= 15 is 0 Å². The number of rotatable bonds is 11. The topological polar surface area (TPSA) is 73.9 Å². The molecule has 0 bridgehead atoms. The van der Waals surface area contributed by atoms with Crippen LogP contribution in [0.5, 0.6) is 11.5 Å². The highest BCUT2D eigenvalue weighted by Gasteiger charge is 2.06. The zero-order valence-electron chi connectivity index (χ0n) is 16.6. The molecule has 0 aromatic heterocycles. The molecule has 0 atom stereocenters. The van der Waals surface area contributed by atoms with Crippen molar-refractivity contribution in [2.75, 3.05) is 33.1 Å². The highest BCUT2D eigenvalue weighted by atomic mass is 32.2. The van der Waals surface area contributed by atoms with Crippen LogP contribution in [0, 0.1) is 0 Å². The van der Waals surface area contributed by atoms with Gasteiger partial charge in [0.1, 0.15) is 11.5 Å². The fourth-order valence-electron chi connectivity index (χ4n) is 2.36. The molecule has 2 aromatic carbocycles. The lowest BCUT2D eigenvalue weighted by molar-refractivity contribution is -0.143. The van der Waals surface area contributed by atoms with Crippen LogP contribution in [0.2, 0.25) is 0 Å². The number of ether oxygens (including phenoxy) is 3. The van der Waals surface area contributed by atoms with Crippen molar-refractivity contribution in [3.05, 3.63) is 60.2 Å². The lowest BCUT2D eigenvalue weighted by atomic mass is 10.2. The Kier molecular flexibility index (Phi) is 9.65. The molecule has 0 unspecified atom stereocenters. The van der Waals surface area contributed by atoms with Gasteiger partial charge < -0.3 is 19.5 Å². The van der Waals surface area contributed by atoms with Crippen LogP contribution < -0.4 is 14.8 Å². The zero-order valence-corrected chi connectivity index (χ0v) is 17.4. The molecule has 0 fully saturated rings. The Labute approximate surface area is 175 Å². The summed E-state index contributed by atoms with van der Waals surface area (Å²) in [7, 11) is 3.10. The van der Waals surface area contributed by atoms with Crippen molar-refractivity contribution < 1.29 is 23.8 Å². The number of carbonyl (C=O) groups is 2. The smallest absolute Gasteiger partial charge is 0.331 e. The first-order valence-electron chi connectivity index (χ1n) is 9.14. The van der Waals surface area contributed by atoms with Crippen LogP contribution in [-0.2, 0) is 14.3 Å². The van der Waals surface area contributed by atoms with E-state index in [2.05, 4.69) is 17.4 Å². The molecule has 0 saturated heterocycles. The second-order valence-electron chi connectivity index (χ2n) is 5.91. The number of carbonyl (C=O) groups excluding carboxylic acids is 2. The van der Waals surface area contributed by atoms with Crippen molar-refractivity contribution in [2.24, 2.45) is 0 Å². The molecule has 7 heteroatoms. The van der Waals surface area contributed by atoms with Crippen LogP contribution >= 0.6 is 11.8 Å². The van der Waals surface area contributed by atoms with Gasteiger partial charge >= 0.3 is 5.97 Å². The fraction of sp³-hybridized carbons (Fsp3) is 0.273. The minimum absolute atomic E-state index is 0.311. The van der Waals surface area contributed by atoms with Gasteiger partial charge in [0.25, 0.3) is 5.91 Å². The highest BCUT2D eigenvalue weighted by molar-refractivity contribution is 7.99. The van der Waals surface area contributed by atoms with E-state index in [0.29, 0.717) is 23.6 Å². The maximum Gasteiger partial charge on any atom is 0.331 e. The van der Waals surface area contributed by atoms with Gasteiger partial charge in [0.2, 0.25) is 0 Å². The van der Waals surface area contributed by atoms with Crippen LogP contribution in [0.3, 0.4) is 0 Å². The van der Waals surface area contributed by atoms with Gasteiger partial charge in [-0.2, -0.15) is 0 Å². The number of amides is 1. The number of thioether (sulfide) groups is 1. The summed E-state index contributed by atoms with van der Waals surface area (Å²) in [5, 5.41) is 2.74. The molecule has 1 amide bonds. The average Bonchev–Trinajstić information content (AvgIpc) is 2.76. The van der Waals surface area contributed by atoms with E-state index in [9.17, 15) is 9.59 Å². The van der Waals surface area contributed by atoms with Gasteiger partial charge in [-0.3, -0.25) is 4.79 Å². The Morgan fingerprint density at radius 3 is 2.59 bits per heavy atom. The third-order valence-electron chi connectivity index (χ3n) is 3.84. The molecule has 2 rings (SSSR count). The molecule has 29 heavy (non-hydrogen) atoms. The van der Waals surface area contributed by atoms with Gasteiger partial charge in [-0.05, 0) is 42.5 Å². The molecule has 0 radical (unpaired) electrons. The number of esters is 1. The molecule has 1 N–H and O–H groups in total. The highest BCUT2D eigenvalue weighted by Crippen LogP contribution is 2.25. The van der Waals surface area contributed by atoms with Gasteiger partial charge in [-0.1, -0.05) is 18.2 Å². The maximum atomic E-state index is 11.8. The van der Waals surface area contributed by atoms with E-state index in [1.165, 1.54) is 18.1 Å². The van der Waals surface area contributed by atoms with Crippen LogP contribution in [-0.4, -0.2) is 45.0 Å². The second kappa shape index (κ2) is 12.5. The third-order valence-corrected chi connectivity index (χ3v) is 4.94. The molecule has 0 aliphatic heterocycles. The van der Waals surface area contributed by atoms with E-state index in [4.69, 9.17) is 14.2 Å². The number of methoxy groups -OCH3 is 2. The maximum absolute atomic E-state index is 11.8. The Morgan fingerprint density at radius 1 is 1.07 bits per heavy atom. The summed E-state index contributed by atoms with van der Waals surface area (Å²) in [4.78, 5) is 24.8. The predicted molar refractivity (Wildman–Crippen MR) is 114 cm³/mol. The van der Waals surface area contributed by atoms with Gasteiger partial charge in [0, 0.05) is 29.1 Å². The lowest BCUT2D eigenvalue weighted by Crippen LogP contribution is -2.29. The van der Waals surface area contributed by atoms with E-state index < -0.39 is 5.97 Å². The molecule has 6 nitrogen and oxygen atoms in total. The van der Waals surface area contributed by atoms with Crippen LogP contribution in [0.4, 0.5) is 0 Å². The molecule has 0 aliphatic carbocycles. The molecular weight excluding hydrogens is 390 g/mol. The Hall–Kier alpha value is -2.93. The quantitative estimate of drug-likeness (QED) is 0.262. The molecule has 0 saturated carbocycles. The first kappa shape index (κ1) is 22.4. The first-order valence-corrected chi connectivity index (χ1v) is 10.1. The lowest BCUT2D eigenvalue weighted by Gasteiger charge is -2.07. The molecule has 0 heterocycles. The monoisotopic (exact) mass is 415 g/mol. The minimum Gasteiger partial charge on any atom is -0.497 e. The van der Waals surface area contributed by atoms with Crippen LogP contribution in [0.1, 0.15) is 12.0 Å². The van der Waals surface area contributed by atoms with Crippen molar-refractivity contribution in [1.82, 2.24) is 5.32 Å². The van der Waals surface area contributed by atoms with Crippen molar-refractivity contribution in [2.45, 2.75) is 11.3 Å². The van der Waals surface area contributed by atoms with E-state index in [0.717, 1.165) is 12.2 Å². The summed E-state index contributed by atoms with van der Waals surface area (Å²) in [5.41, 5.74) is 0.700.